The molecule has 2 aromatic carbocycles. The fourth-order valence-corrected chi connectivity index (χ4v) is 4.53. The Morgan fingerprint density at radius 2 is 1.96 bits per heavy atom. The molecule has 0 bridgehead atoms. The van der Waals surface area contributed by atoms with Crippen LogP contribution in [0.15, 0.2) is 47.7 Å². The Bertz CT molecular complexity index is 1140. The molecular formula is C21H17ClFN3O. The molecule has 2 aliphatic rings. The van der Waals surface area contributed by atoms with Crippen molar-refractivity contribution in [1.82, 2.24) is 4.98 Å². The van der Waals surface area contributed by atoms with E-state index in [9.17, 15) is 4.39 Å². The minimum Gasteiger partial charge on any atom is -0.459 e. The summed E-state index contributed by atoms with van der Waals surface area (Å²) < 4.78 is 20.5. The number of hydrogen-bond donors (Lipinski definition) is 0. The standard InChI is InChI=1S/C21H17ClFN3O/c1-20(2)15-8-12(23)4-5-17(15)26(3)21(20)11-25-19-13-6-7-24-10-14(13)16(22)9-18(19)27-21/h4-11H,1-3H3. The van der Waals surface area contributed by atoms with Gasteiger partial charge in [0.05, 0.1) is 16.7 Å². The molecule has 2 aliphatic heterocycles. The van der Waals surface area contributed by atoms with Gasteiger partial charge in [0.25, 0.3) is 0 Å². The molecule has 3 aromatic rings. The minimum atomic E-state index is -0.875. The van der Waals surface area contributed by atoms with Crippen LogP contribution >= 0.6 is 11.6 Å². The van der Waals surface area contributed by atoms with Crippen LogP contribution in [0.1, 0.15) is 19.4 Å². The van der Waals surface area contributed by atoms with Gasteiger partial charge < -0.3 is 9.64 Å². The number of likely N-dealkylation sites (N-methyl/N-ethyl adjacent to an activating group) is 1. The molecule has 0 fully saturated rings. The Hall–Kier alpha value is -2.66. The van der Waals surface area contributed by atoms with Crippen LogP contribution in [0.5, 0.6) is 5.75 Å². The second kappa shape index (κ2) is 5.20. The third-order valence-electron chi connectivity index (χ3n) is 5.85. The maximum atomic E-state index is 13.9. The lowest BCUT2D eigenvalue weighted by Crippen LogP contribution is -2.61. The minimum absolute atomic E-state index is 0.262. The molecule has 5 rings (SSSR count). The first-order valence-electron chi connectivity index (χ1n) is 8.69. The summed E-state index contributed by atoms with van der Waals surface area (Å²) in [6, 6.07) is 8.49. The van der Waals surface area contributed by atoms with E-state index < -0.39 is 11.1 Å². The summed E-state index contributed by atoms with van der Waals surface area (Å²) in [6.07, 6.45) is 5.26. The molecule has 1 unspecified atom stereocenters. The van der Waals surface area contributed by atoms with E-state index in [4.69, 9.17) is 21.3 Å². The van der Waals surface area contributed by atoms with Crippen LogP contribution in [-0.4, -0.2) is 24.0 Å². The van der Waals surface area contributed by atoms with Gasteiger partial charge in [0.1, 0.15) is 11.5 Å². The molecule has 1 spiro atoms. The maximum Gasteiger partial charge on any atom is 0.228 e. The van der Waals surface area contributed by atoms with Crippen LogP contribution in [-0.2, 0) is 5.41 Å². The highest BCUT2D eigenvalue weighted by atomic mass is 35.5. The molecule has 0 N–H and O–H groups in total. The van der Waals surface area contributed by atoms with Crippen molar-refractivity contribution < 1.29 is 9.13 Å². The van der Waals surface area contributed by atoms with Gasteiger partial charge in [-0.25, -0.2) is 4.39 Å². The highest BCUT2D eigenvalue weighted by molar-refractivity contribution is 6.36. The molecule has 0 radical (unpaired) electrons. The van der Waals surface area contributed by atoms with Gasteiger partial charge >= 0.3 is 0 Å². The molecule has 27 heavy (non-hydrogen) atoms. The van der Waals surface area contributed by atoms with E-state index in [0.717, 1.165) is 27.7 Å². The zero-order valence-electron chi connectivity index (χ0n) is 15.1. The van der Waals surface area contributed by atoms with Crippen LogP contribution in [0.2, 0.25) is 5.02 Å². The van der Waals surface area contributed by atoms with Gasteiger partial charge in [-0.05, 0) is 43.7 Å². The maximum absolute atomic E-state index is 13.9. The van der Waals surface area contributed by atoms with E-state index in [0.29, 0.717) is 10.8 Å². The van der Waals surface area contributed by atoms with Crippen molar-refractivity contribution in [3.8, 4) is 5.75 Å². The number of rotatable bonds is 0. The van der Waals surface area contributed by atoms with Crippen molar-refractivity contribution in [2.24, 2.45) is 4.99 Å². The van der Waals surface area contributed by atoms with E-state index in [1.807, 2.05) is 38.1 Å². The molecular weight excluding hydrogens is 365 g/mol. The normalized spacial score (nSPS) is 22.0. The van der Waals surface area contributed by atoms with Gasteiger partial charge in [-0.2, -0.15) is 0 Å². The molecule has 1 aromatic heterocycles. The van der Waals surface area contributed by atoms with Crippen LogP contribution < -0.4 is 9.64 Å². The van der Waals surface area contributed by atoms with Crippen molar-refractivity contribution in [1.29, 1.82) is 0 Å². The van der Waals surface area contributed by atoms with Crippen molar-refractivity contribution in [3.05, 3.63) is 59.1 Å². The van der Waals surface area contributed by atoms with E-state index in [1.165, 1.54) is 6.07 Å². The summed E-state index contributed by atoms with van der Waals surface area (Å²) in [5.41, 5.74) is 1.14. The summed E-state index contributed by atoms with van der Waals surface area (Å²) in [6.45, 7) is 4.08. The van der Waals surface area contributed by atoms with E-state index >= 15 is 0 Å². The summed E-state index contributed by atoms with van der Waals surface area (Å²) in [5.74, 6) is 0.344. The smallest absolute Gasteiger partial charge is 0.228 e. The third kappa shape index (κ3) is 1.98. The van der Waals surface area contributed by atoms with Crippen molar-refractivity contribution in [3.63, 3.8) is 0 Å². The van der Waals surface area contributed by atoms with Crippen molar-refractivity contribution >= 4 is 40.0 Å². The SMILES string of the molecule is CN1c2ccc(F)cc2C(C)(C)C12C=Nc1c(cc(Cl)c3cnccc13)O2. The fraction of sp³-hybridized carbons (Fsp3) is 0.238. The number of ether oxygens (including phenoxy) is 1. The molecule has 0 saturated carbocycles. The Kier molecular flexibility index (Phi) is 3.18. The number of nitrogens with zero attached hydrogens (tertiary/aromatic N) is 3. The Balaban J connectivity index is 1.73. The average Bonchev–Trinajstić information content (AvgIpc) is 2.80. The highest BCUT2D eigenvalue weighted by Gasteiger charge is 2.58. The first kappa shape index (κ1) is 16.5. The molecule has 3 heterocycles. The second-order valence-corrected chi connectivity index (χ2v) is 7.94. The molecule has 0 saturated heterocycles. The van der Waals surface area contributed by atoms with Crippen LogP contribution in [0.3, 0.4) is 0 Å². The molecule has 4 nitrogen and oxygen atoms in total. The summed E-state index contributed by atoms with van der Waals surface area (Å²) >= 11 is 6.47. The Morgan fingerprint density at radius 1 is 1.15 bits per heavy atom. The summed E-state index contributed by atoms with van der Waals surface area (Å²) in [4.78, 5) is 10.9. The van der Waals surface area contributed by atoms with Crippen molar-refractivity contribution in [2.45, 2.75) is 25.0 Å². The van der Waals surface area contributed by atoms with Gasteiger partial charge in [0, 0.05) is 42.0 Å². The fourth-order valence-electron chi connectivity index (χ4n) is 4.28. The van der Waals surface area contributed by atoms with E-state index in [2.05, 4.69) is 4.98 Å². The lowest BCUT2D eigenvalue weighted by molar-refractivity contribution is 0.0826. The number of aromatic nitrogens is 1. The molecule has 0 amide bonds. The predicted molar refractivity (Wildman–Crippen MR) is 106 cm³/mol. The van der Waals surface area contributed by atoms with E-state index in [1.54, 1.807) is 30.6 Å². The quantitative estimate of drug-likeness (QED) is 0.534. The molecule has 6 heteroatoms. The first-order valence-corrected chi connectivity index (χ1v) is 9.07. The number of anilines is 1. The predicted octanol–water partition coefficient (Wildman–Crippen LogP) is 5.25. The monoisotopic (exact) mass is 381 g/mol. The first-order chi connectivity index (χ1) is 12.8. The topological polar surface area (TPSA) is 37.7 Å². The zero-order chi connectivity index (χ0) is 19.0. The third-order valence-corrected chi connectivity index (χ3v) is 6.16. The summed E-state index contributed by atoms with van der Waals surface area (Å²) in [7, 11) is 1.94. The van der Waals surface area contributed by atoms with Crippen LogP contribution in [0.4, 0.5) is 15.8 Å². The lowest BCUT2D eigenvalue weighted by atomic mass is 9.77. The van der Waals surface area contributed by atoms with Gasteiger partial charge in [-0.1, -0.05) is 11.6 Å². The number of aliphatic imine (C=N–C) groups is 1. The van der Waals surface area contributed by atoms with Gasteiger partial charge in [0.15, 0.2) is 5.75 Å². The second-order valence-electron chi connectivity index (χ2n) is 7.53. The van der Waals surface area contributed by atoms with Crippen molar-refractivity contribution in [2.75, 3.05) is 11.9 Å². The highest BCUT2D eigenvalue weighted by Crippen LogP contribution is 2.54. The van der Waals surface area contributed by atoms with E-state index in [-0.39, 0.29) is 5.82 Å². The number of pyridine rings is 1. The van der Waals surface area contributed by atoms with Crippen LogP contribution in [0, 0.1) is 5.82 Å². The number of fused-ring (bicyclic) bond motifs is 4. The lowest BCUT2D eigenvalue weighted by Gasteiger charge is -2.45. The molecule has 0 aliphatic carbocycles. The van der Waals surface area contributed by atoms with Gasteiger partial charge in [-0.15, -0.1) is 0 Å². The Morgan fingerprint density at radius 3 is 2.78 bits per heavy atom. The van der Waals surface area contributed by atoms with Gasteiger partial charge in [-0.3, -0.25) is 9.98 Å². The summed E-state index contributed by atoms with van der Waals surface area (Å²) in [5, 5.41) is 2.28. The number of halogens is 2. The molecule has 136 valence electrons. The van der Waals surface area contributed by atoms with Crippen LogP contribution in [0.25, 0.3) is 10.8 Å². The number of hydrogen-bond acceptors (Lipinski definition) is 4. The molecule has 1 atom stereocenters. The largest absolute Gasteiger partial charge is 0.459 e. The Labute approximate surface area is 161 Å². The number of benzene rings is 2. The average molecular weight is 382 g/mol. The zero-order valence-corrected chi connectivity index (χ0v) is 15.9. The van der Waals surface area contributed by atoms with Gasteiger partial charge in [0.2, 0.25) is 5.72 Å².